The molecule has 0 bridgehead atoms. The van der Waals surface area contributed by atoms with Crippen LogP contribution in [0.4, 0.5) is 4.79 Å². The lowest BCUT2D eigenvalue weighted by molar-refractivity contribution is 0.111. The van der Waals surface area contributed by atoms with Crippen molar-refractivity contribution in [1.29, 1.82) is 0 Å². The summed E-state index contributed by atoms with van der Waals surface area (Å²) in [5.41, 5.74) is 0. The molecule has 6 heteroatoms. The maximum absolute atomic E-state index is 11.6. The van der Waals surface area contributed by atoms with Crippen molar-refractivity contribution in [2.75, 3.05) is 33.3 Å². The van der Waals surface area contributed by atoms with E-state index in [1.54, 1.807) is 4.90 Å². The topological polar surface area (TPSA) is 66.0 Å². The molecule has 144 valence electrons. The van der Waals surface area contributed by atoms with Gasteiger partial charge in [-0.2, -0.15) is 0 Å². The molecule has 1 aliphatic heterocycles. The molecule has 0 aromatic heterocycles. The number of hydrogen-bond acceptors (Lipinski definition) is 3. The standard InChI is InChI=1S/C19H36N4O2/c1-4-20-18(21-11-8-16-7-5-6-15(2)14-16)22-17-9-12-23(13-10-17)19(24)25-3/h15-17H,4-14H2,1-3H3,(H2,20,21,22). The summed E-state index contributed by atoms with van der Waals surface area (Å²) >= 11 is 0. The second-order valence-electron chi connectivity index (χ2n) is 7.56. The number of nitrogens with zero attached hydrogens (tertiary/aromatic N) is 2. The zero-order valence-electron chi connectivity index (χ0n) is 16.2. The van der Waals surface area contributed by atoms with Crippen molar-refractivity contribution in [3.63, 3.8) is 0 Å². The van der Waals surface area contributed by atoms with Gasteiger partial charge in [-0.3, -0.25) is 4.99 Å². The van der Waals surface area contributed by atoms with E-state index in [-0.39, 0.29) is 6.09 Å². The molecule has 0 spiro atoms. The number of carbonyl (C=O) groups is 1. The minimum absolute atomic E-state index is 0.222. The summed E-state index contributed by atoms with van der Waals surface area (Å²) in [6.07, 6.45) is 8.35. The lowest BCUT2D eigenvalue weighted by Crippen LogP contribution is -2.49. The summed E-state index contributed by atoms with van der Waals surface area (Å²) in [5, 5.41) is 6.90. The Balaban J connectivity index is 1.75. The van der Waals surface area contributed by atoms with Gasteiger partial charge < -0.3 is 20.3 Å². The molecule has 1 saturated heterocycles. The average Bonchev–Trinajstić information content (AvgIpc) is 2.62. The Kier molecular flexibility index (Phi) is 8.35. The van der Waals surface area contributed by atoms with E-state index in [0.717, 1.165) is 56.8 Å². The molecule has 2 unspecified atom stereocenters. The van der Waals surface area contributed by atoms with Crippen LogP contribution in [-0.4, -0.2) is 56.3 Å². The highest BCUT2D eigenvalue weighted by atomic mass is 16.5. The van der Waals surface area contributed by atoms with Gasteiger partial charge in [0.1, 0.15) is 0 Å². The number of rotatable bonds is 5. The van der Waals surface area contributed by atoms with E-state index in [1.165, 1.54) is 39.2 Å². The lowest BCUT2D eigenvalue weighted by Gasteiger charge is -2.32. The molecular formula is C19H36N4O2. The van der Waals surface area contributed by atoms with E-state index in [0.29, 0.717) is 6.04 Å². The number of guanidine groups is 1. The molecule has 1 saturated carbocycles. The second kappa shape index (κ2) is 10.5. The Morgan fingerprint density at radius 1 is 1.24 bits per heavy atom. The minimum atomic E-state index is -0.222. The van der Waals surface area contributed by atoms with Crippen molar-refractivity contribution >= 4 is 12.1 Å². The third-order valence-corrected chi connectivity index (χ3v) is 5.47. The number of carbonyl (C=O) groups excluding carboxylic acids is 1. The van der Waals surface area contributed by atoms with E-state index >= 15 is 0 Å². The maximum atomic E-state index is 11.6. The molecule has 2 atom stereocenters. The van der Waals surface area contributed by atoms with E-state index < -0.39 is 0 Å². The summed E-state index contributed by atoms with van der Waals surface area (Å²) in [5.74, 6) is 2.65. The van der Waals surface area contributed by atoms with Crippen LogP contribution in [0.1, 0.15) is 58.8 Å². The highest BCUT2D eigenvalue weighted by molar-refractivity contribution is 5.80. The van der Waals surface area contributed by atoms with Crippen molar-refractivity contribution in [2.45, 2.75) is 64.8 Å². The van der Waals surface area contributed by atoms with Crippen molar-refractivity contribution in [3.05, 3.63) is 0 Å². The first-order chi connectivity index (χ1) is 12.1. The number of hydrogen-bond donors (Lipinski definition) is 2. The van der Waals surface area contributed by atoms with Gasteiger partial charge in [0.2, 0.25) is 0 Å². The van der Waals surface area contributed by atoms with Crippen molar-refractivity contribution in [2.24, 2.45) is 16.8 Å². The summed E-state index contributed by atoms with van der Waals surface area (Å²) in [4.78, 5) is 18.1. The summed E-state index contributed by atoms with van der Waals surface area (Å²) < 4.78 is 4.79. The fourth-order valence-corrected chi connectivity index (χ4v) is 4.03. The largest absolute Gasteiger partial charge is 0.453 e. The molecule has 6 nitrogen and oxygen atoms in total. The Hall–Kier alpha value is -1.46. The molecule has 1 amide bonds. The smallest absolute Gasteiger partial charge is 0.409 e. The Labute approximate surface area is 152 Å². The predicted octanol–water partition coefficient (Wildman–Crippen LogP) is 2.99. The highest BCUT2D eigenvalue weighted by Crippen LogP contribution is 2.30. The first-order valence-electron chi connectivity index (χ1n) is 10.00. The molecule has 2 aliphatic rings. The van der Waals surface area contributed by atoms with E-state index in [2.05, 4.69) is 24.5 Å². The first-order valence-corrected chi connectivity index (χ1v) is 10.00. The average molecular weight is 353 g/mol. The number of aliphatic imine (C=N–C) groups is 1. The fourth-order valence-electron chi connectivity index (χ4n) is 4.03. The predicted molar refractivity (Wildman–Crippen MR) is 102 cm³/mol. The van der Waals surface area contributed by atoms with Crippen LogP contribution in [0.15, 0.2) is 4.99 Å². The van der Waals surface area contributed by atoms with Crippen LogP contribution in [0.5, 0.6) is 0 Å². The van der Waals surface area contributed by atoms with Crippen LogP contribution in [0.2, 0.25) is 0 Å². The number of likely N-dealkylation sites (tertiary alicyclic amines) is 1. The molecule has 25 heavy (non-hydrogen) atoms. The van der Waals surface area contributed by atoms with Crippen LogP contribution >= 0.6 is 0 Å². The van der Waals surface area contributed by atoms with Gasteiger partial charge in [0.05, 0.1) is 7.11 Å². The van der Waals surface area contributed by atoms with Gasteiger partial charge in [-0.05, 0) is 44.4 Å². The second-order valence-corrected chi connectivity index (χ2v) is 7.56. The Morgan fingerprint density at radius 2 is 2.00 bits per heavy atom. The van der Waals surface area contributed by atoms with Gasteiger partial charge in [0.15, 0.2) is 5.96 Å². The van der Waals surface area contributed by atoms with E-state index in [9.17, 15) is 4.79 Å². The molecule has 2 rings (SSSR count). The van der Waals surface area contributed by atoms with Crippen LogP contribution in [-0.2, 0) is 4.74 Å². The van der Waals surface area contributed by atoms with Gasteiger partial charge in [-0.25, -0.2) is 4.79 Å². The molecule has 0 aromatic rings. The summed E-state index contributed by atoms with van der Waals surface area (Å²) in [6.45, 7) is 7.72. The van der Waals surface area contributed by atoms with Crippen LogP contribution < -0.4 is 10.6 Å². The molecule has 0 aromatic carbocycles. The van der Waals surface area contributed by atoms with Gasteiger partial charge in [-0.1, -0.05) is 26.2 Å². The van der Waals surface area contributed by atoms with E-state index in [4.69, 9.17) is 9.73 Å². The molecule has 2 fully saturated rings. The third kappa shape index (κ3) is 6.75. The molecule has 1 heterocycles. The SMILES string of the molecule is CCNC(=NCCC1CCCC(C)C1)NC1CCN(C(=O)OC)CC1. The highest BCUT2D eigenvalue weighted by Gasteiger charge is 2.24. The van der Waals surface area contributed by atoms with Gasteiger partial charge in [0.25, 0.3) is 0 Å². The van der Waals surface area contributed by atoms with Crippen LogP contribution in [0, 0.1) is 11.8 Å². The molecular weight excluding hydrogens is 316 g/mol. The summed E-state index contributed by atoms with van der Waals surface area (Å²) in [7, 11) is 1.44. The first kappa shape index (κ1) is 19.9. The van der Waals surface area contributed by atoms with Crippen molar-refractivity contribution < 1.29 is 9.53 Å². The van der Waals surface area contributed by atoms with Crippen molar-refractivity contribution in [1.82, 2.24) is 15.5 Å². The minimum Gasteiger partial charge on any atom is -0.453 e. The number of piperidine rings is 1. The fraction of sp³-hybridized carbons (Fsp3) is 0.895. The third-order valence-electron chi connectivity index (χ3n) is 5.47. The van der Waals surface area contributed by atoms with Gasteiger partial charge in [-0.15, -0.1) is 0 Å². The quantitative estimate of drug-likeness (QED) is 0.590. The number of nitrogens with one attached hydrogen (secondary N) is 2. The zero-order valence-corrected chi connectivity index (χ0v) is 16.2. The van der Waals surface area contributed by atoms with Crippen LogP contribution in [0.3, 0.4) is 0 Å². The maximum Gasteiger partial charge on any atom is 0.409 e. The van der Waals surface area contributed by atoms with Gasteiger partial charge in [0, 0.05) is 32.2 Å². The number of ether oxygens (including phenoxy) is 1. The Morgan fingerprint density at radius 3 is 2.64 bits per heavy atom. The normalized spacial score (nSPS) is 25.6. The number of methoxy groups -OCH3 is 1. The zero-order chi connectivity index (χ0) is 18.1. The monoisotopic (exact) mass is 352 g/mol. The summed E-state index contributed by atoms with van der Waals surface area (Å²) in [6, 6.07) is 0.369. The molecule has 0 radical (unpaired) electrons. The molecule has 1 aliphatic carbocycles. The van der Waals surface area contributed by atoms with Gasteiger partial charge >= 0.3 is 6.09 Å². The number of amides is 1. The molecule has 2 N–H and O–H groups in total. The lowest BCUT2D eigenvalue weighted by atomic mass is 9.81. The Bertz CT molecular complexity index is 433. The van der Waals surface area contributed by atoms with Crippen molar-refractivity contribution in [3.8, 4) is 0 Å². The van der Waals surface area contributed by atoms with E-state index in [1.807, 2.05) is 0 Å². The van der Waals surface area contributed by atoms with Crippen LogP contribution in [0.25, 0.3) is 0 Å².